The monoisotopic (exact) mass is 337 g/mol. The molecular formula is C16H20BrNS. The van der Waals surface area contributed by atoms with Crippen molar-refractivity contribution in [3.63, 3.8) is 0 Å². The molecule has 1 nitrogen and oxygen atoms in total. The fourth-order valence-electron chi connectivity index (χ4n) is 2.32. The van der Waals surface area contributed by atoms with E-state index in [1.807, 2.05) is 18.4 Å². The molecule has 1 heterocycles. The van der Waals surface area contributed by atoms with Crippen molar-refractivity contribution in [1.29, 1.82) is 0 Å². The lowest BCUT2D eigenvalue weighted by atomic mass is 10.0. The van der Waals surface area contributed by atoms with Gasteiger partial charge in [-0.05, 0) is 59.1 Å². The summed E-state index contributed by atoms with van der Waals surface area (Å²) < 4.78 is 1.23. The van der Waals surface area contributed by atoms with Crippen molar-refractivity contribution in [3.8, 4) is 0 Å². The van der Waals surface area contributed by atoms with Crippen LogP contribution in [0.1, 0.15) is 41.0 Å². The topological polar surface area (TPSA) is 12.0 Å². The van der Waals surface area contributed by atoms with Gasteiger partial charge in [-0.2, -0.15) is 0 Å². The van der Waals surface area contributed by atoms with Gasteiger partial charge in [-0.15, -0.1) is 11.3 Å². The van der Waals surface area contributed by atoms with Gasteiger partial charge >= 0.3 is 0 Å². The number of thiophene rings is 1. The molecule has 0 amide bonds. The van der Waals surface area contributed by atoms with Crippen LogP contribution < -0.4 is 5.32 Å². The highest BCUT2D eigenvalue weighted by Crippen LogP contribution is 2.34. The molecule has 0 saturated carbocycles. The van der Waals surface area contributed by atoms with Gasteiger partial charge in [0.05, 0.1) is 9.83 Å². The Hall–Kier alpha value is -0.640. The van der Waals surface area contributed by atoms with Crippen molar-refractivity contribution >= 4 is 27.3 Å². The van der Waals surface area contributed by atoms with Gasteiger partial charge in [0.15, 0.2) is 0 Å². The normalized spacial score (nSPS) is 12.6. The first-order chi connectivity index (χ1) is 9.15. The molecule has 19 heavy (non-hydrogen) atoms. The predicted molar refractivity (Wildman–Crippen MR) is 88.1 cm³/mol. The summed E-state index contributed by atoms with van der Waals surface area (Å²) in [6.45, 7) is 4.37. The molecule has 0 bridgehead atoms. The minimum absolute atomic E-state index is 0.284. The summed E-state index contributed by atoms with van der Waals surface area (Å²) in [6.07, 6.45) is 2.34. The van der Waals surface area contributed by atoms with Crippen LogP contribution >= 0.6 is 27.3 Å². The Morgan fingerprint density at radius 2 is 2.11 bits per heavy atom. The molecular weight excluding hydrogens is 318 g/mol. The maximum Gasteiger partial charge on any atom is 0.0731 e. The van der Waals surface area contributed by atoms with Crippen molar-refractivity contribution in [1.82, 2.24) is 5.32 Å². The first kappa shape index (κ1) is 14.8. The molecule has 0 fully saturated rings. The van der Waals surface area contributed by atoms with Crippen LogP contribution in [-0.2, 0) is 6.42 Å². The lowest BCUT2D eigenvalue weighted by molar-refractivity contribution is 0.702. The number of halogens is 1. The Kier molecular flexibility index (Phi) is 5.20. The average molecular weight is 338 g/mol. The Morgan fingerprint density at radius 3 is 2.68 bits per heavy atom. The molecule has 0 aliphatic carbocycles. The second-order valence-corrected chi connectivity index (χ2v) is 7.22. The number of nitrogens with one attached hydrogen (secondary N) is 1. The minimum Gasteiger partial charge on any atom is -0.309 e. The van der Waals surface area contributed by atoms with Gasteiger partial charge in [-0.3, -0.25) is 0 Å². The van der Waals surface area contributed by atoms with E-state index in [9.17, 15) is 0 Å². The highest BCUT2D eigenvalue weighted by atomic mass is 79.9. The first-order valence-electron chi connectivity index (χ1n) is 6.67. The van der Waals surface area contributed by atoms with Gasteiger partial charge in [0, 0.05) is 4.88 Å². The fraction of sp³-hybridized carbons (Fsp3) is 0.375. The third kappa shape index (κ3) is 3.47. The Morgan fingerprint density at radius 1 is 1.32 bits per heavy atom. The summed E-state index contributed by atoms with van der Waals surface area (Å²) in [5, 5.41) is 3.43. The smallest absolute Gasteiger partial charge is 0.0731 e. The molecule has 0 saturated heterocycles. The van der Waals surface area contributed by atoms with Crippen LogP contribution in [0.5, 0.6) is 0 Å². The van der Waals surface area contributed by atoms with Crippen molar-refractivity contribution in [2.45, 2.75) is 32.7 Å². The zero-order chi connectivity index (χ0) is 13.8. The van der Waals surface area contributed by atoms with Crippen LogP contribution in [0.3, 0.4) is 0 Å². The van der Waals surface area contributed by atoms with Gasteiger partial charge < -0.3 is 5.32 Å². The van der Waals surface area contributed by atoms with Crippen LogP contribution in [-0.4, -0.2) is 7.05 Å². The lowest BCUT2D eigenvalue weighted by Gasteiger charge is -2.16. The van der Waals surface area contributed by atoms with Crippen molar-refractivity contribution in [2.75, 3.05) is 7.05 Å². The Balaban J connectivity index is 2.33. The van der Waals surface area contributed by atoms with E-state index in [1.165, 1.54) is 31.8 Å². The summed E-state index contributed by atoms with van der Waals surface area (Å²) in [6, 6.07) is 11.5. The number of hydrogen-bond donors (Lipinski definition) is 1. The summed E-state index contributed by atoms with van der Waals surface area (Å²) >= 11 is 5.43. The highest BCUT2D eigenvalue weighted by molar-refractivity contribution is 9.11. The fourth-order valence-corrected chi connectivity index (χ4v) is 4.03. The van der Waals surface area contributed by atoms with Crippen LogP contribution in [0.2, 0.25) is 0 Å². The van der Waals surface area contributed by atoms with Gasteiger partial charge in [-0.25, -0.2) is 0 Å². The van der Waals surface area contributed by atoms with E-state index in [0.717, 1.165) is 6.42 Å². The largest absolute Gasteiger partial charge is 0.309 e. The molecule has 0 spiro atoms. The molecule has 1 unspecified atom stereocenters. The second kappa shape index (κ2) is 6.69. The first-order valence-corrected chi connectivity index (χ1v) is 8.28. The zero-order valence-corrected chi connectivity index (χ0v) is 14.1. The van der Waals surface area contributed by atoms with Gasteiger partial charge in [0.25, 0.3) is 0 Å². The highest BCUT2D eigenvalue weighted by Gasteiger charge is 2.15. The van der Waals surface area contributed by atoms with Gasteiger partial charge in [0.1, 0.15) is 0 Å². The van der Waals surface area contributed by atoms with E-state index in [2.05, 4.69) is 65.4 Å². The van der Waals surface area contributed by atoms with Crippen LogP contribution in [0, 0.1) is 6.92 Å². The van der Waals surface area contributed by atoms with E-state index >= 15 is 0 Å². The maximum atomic E-state index is 3.62. The number of hydrogen-bond acceptors (Lipinski definition) is 2. The molecule has 3 heteroatoms. The zero-order valence-electron chi connectivity index (χ0n) is 11.7. The molecule has 0 radical (unpaired) electrons. The predicted octanol–water partition coefficient (Wildman–Crippen LogP) is 5.08. The van der Waals surface area contributed by atoms with E-state index < -0.39 is 0 Å². The third-order valence-electron chi connectivity index (χ3n) is 3.27. The van der Waals surface area contributed by atoms with Crippen molar-refractivity contribution in [3.05, 3.63) is 55.7 Å². The molecule has 1 N–H and O–H groups in total. The van der Waals surface area contributed by atoms with E-state index in [1.54, 1.807) is 0 Å². The van der Waals surface area contributed by atoms with E-state index in [-0.39, 0.29) is 6.04 Å². The van der Waals surface area contributed by atoms with Gasteiger partial charge in [-0.1, -0.05) is 37.6 Å². The third-order valence-corrected chi connectivity index (χ3v) is 5.47. The van der Waals surface area contributed by atoms with Crippen molar-refractivity contribution < 1.29 is 0 Å². The SMILES string of the molecule is CCCc1cccc(C(NC)c2cc(C)c(Br)s2)c1. The molecule has 2 rings (SSSR count). The molecule has 1 aromatic heterocycles. The number of benzene rings is 1. The van der Waals surface area contributed by atoms with E-state index in [0.29, 0.717) is 0 Å². The molecule has 2 aromatic rings. The molecule has 0 aliphatic rings. The van der Waals surface area contributed by atoms with Crippen molar-refractivity contribution in [2.24, 2.45) is 0 Å². The van der Waals surface area contributed by atoms with Gasteiger partial charge in [0.2, 0.25) is 0 Å². The molecule has 0 aliphatic heterocycles. The average Bonchev–Trinajstić information content (AvgIpc) is 2.71. The molecule has 1 atom stereocenters. The molecule has 102 valence electrons. The summed E-state index contributed by atoms with van der Waals surface area (Å²) in [7, 11) is 2.03. The summed E-state index contributed by atoms with van der Waals surface area (Å²) in [5.41, 5.74) is 4.08. The standard InChI is InChI=1S/C16H20BrNS/c1-4-6-12-7-5-8-13(10-12)15(18-3)14-9-11(2)16(17)19-14/h5,7-10,15,18H,4,6H2,1-3H3. The number of aryl methyl sites for hydroxylation is 2. The quantitative estimate of drug-likeness (QED) is 0.802. The Bertz CT molecular complexity index is 528. The Labute approximate surface area is 128 Å². The number of rotatable bonds is 5. The lowest BCUT2D eigenvalue weighted by Crippen LogP contribution is -2.16. The second-order valence-electron chi connectivity index (χ2n) is 4.82. The minimum atomic E-state index is 0.284. The van der Waals surface area contributed by atoms with E-state index in [4.69, 9.17) is 0 Å². The van der Waals surface area contributed by atoms with Crippen LogP contribution in [0.25, 0.3) is 0 Å². The van der Waals surface area contributed by atoms with Crippen LogP contribution in [0.15, 0.2) is 34.1 Å². The van der Waals surface area contributed by atoms with Crippen LogP contribution in [0.4, 0.5) is 0 Å². The summed E-state index contributed by atoms with van der Waals surface area (Å²) in [5.74, 6) is 0. The molecule has 1 aromatic carbocycles. The maximum absolute atomic E-state index is 3.62. The summed E-state index contributed by atoms with van der Waals surface area (Å²) in [4.78, 5) is 1.36.